The van der Waals surface area contributed by atoms with E-state index in [0.717, 1.165) is 42.4 Å². The molecule has 1 aliphatic rings. The minimum absolute atomic E-state index is 0.121. The van der Waals surface area contributed by atoms with Gasteiger partial charge in [-0.05, 0) is 74.1 Å². The van der Waals surface area contributed by atoms with Crippen LogP contribution in [0, 0.1) is 13.8 Å². The van der Waals surface area contributed by atoms with E-state index in [4.69, 9.17) is 27.9 Å². The number of nitrogens with one attached hydrogen (secondary N) is 1. The Morgan fingerprint density at radius 3 is 2.33 bits per heavy atom. The van der Waals surface area contributed by atoms with Crippen molar-refractivity contribution in [1.82, 2.24) is 10.2 Å². The van der Waals surface area contributed by atoms with E-state index in [0.29, 0.717) is 22.2 Å². The third-order valence-electron chi connectivity index (χ3n) is 5.98. The molecule has 0 spiro atoms. The molecule has 2 aromatic rings. The van der Waals surface area contributed by atoms with Gasteiger partial charge in [0, 0.05) is 12.6 Å². The first-order chi connectivity index (χ1) is 15.8. The van der Waals surface area contributed by atoms with Crippen molar-refractivity contribution >= 4 is 35.0 Å². The average Bonchev–Trinajstić information content (AvgIpc) is 3.26. The van der Waals surface area contributed by atoms with Crippen molar-refractivity contribution < 1.29 is 14.3 Å². The van der Waals surface area contributed by atoms with Gasteiger partial charge in [-0.1, -0.05) is 55.1 Å². The van der Waals surface area contributed by atoms with Gasteiger partial charge < -0.3 is 15.0 Å². The SMILES string of the molecule is CC[C@H](C(=O)NC1CCCC1)N(Cc1ccc(Cl)c(Cl)c1)C(=O)COc1cc(C)cc(C)c1. The summed E-state index contributed by atoms with van der Waals surface area (Å²) >= 11 is 12.3. The predicted molar refractivity (Wildman–Crippen MR) is 133 cm³/mol. The number of halogens is 2. The van der Waals surface area contributed by atoms with Crippen LogP contribution in [0.1, 0.15) is 55.7 Å². The number of hydrogen-bond donors (Lipinski definition) is 1. The molecule has 0 unspecified atom stereocenters. The molecule has 0 aromatic heterocycles. The lowest BCUT2D eigenvalue weighted by Gasteiger charge is -2.31. The number of nitrogens with zero attached hydrogens (tertiary/aromatic N) is 1. The van der Waals surface area contributed by atoms with Gasteiger partial charge in [0.25, 0.3) is 5.91 Å². The lowest BCUT2D eigenvalue weighted by atomic mass is 10.1. The summed E-state index contributed by atoms with van der Waals surface area (Å²) in [4.78, 5) is 28.1. The van der Waals surface area contributed by atoms with E-state index in [-0.39, 0.29) is 31.0 Å². The van der Waals surface area contributed by atoms with Crippen LogP contribution < -0.4 is 10.1 Å². The molecule has 1 N–H and O–H groups in total. The van der Waals surface area contributed by atoms with E-state index >= 15 is 0 Å². The molecular formula is C26H32Cl2N2O3. The molecule has 1 fully saturated rings. The number of aryl methyl sites for hydroxylation is 2. The molecule has 178 valence electrons. The minimum Gasteiger partial charge on any atom is -0.484 e. The van der Waals surface area contributed by atoms with Crippen LogP contribution in [0.25, 0.3) is 0 Å². The van der Waals surface area contributed by atoms with Crippen LogP contribution in [0.3, 0.4) is 0 Å². The Kier molecular flexibility index (Phi) is 9.04. The van der Waals surface area contributed by atoms with E-state index in [1.165, 1.54) is 0 Å². The van der Waals surface area contributed by atoms with Crippen LogP contribution in [-0.4, -0.2) is 35.4 Å². The number of amides is 2. The molecule has 0 bridgehead atoms. The van der Waals surface area contributed by atoms with Crippen LogP contribution in [0.15, 0.2) is 36.4 Å². The lowest BCUT2D eigenvalue weighted by molar-refractivity contribution is -0.143. The van der Waals surface area contributed by atoms with Gasteiger partial charge in [0.15, 0.2) is 6.61 Å². The van der Waals surface area contributed by atoms with Crippen molar-refractivity contribution in [2.24, 2.45) is 0 Å². The molecule has 7 heteroatoms. The van der Waals surface area contributed by atoms with Crippen LogP contribution in [0.5, 0.6) is 5.75 Å². The Bertz CT molecular complexity index is 969. The molecule has 2 amide bonds. The van der Waals surface area contributed by atoms with Gasteiger partial charge in [0.1, 0.15) is 11.8 Å². The van der Waals surface area contributed by atoms with Crippen LogP contribution in [0.4, 0.5) is 0 Å². The number of hydrogen-bond acceptors (Lipinski definition) is 3. The van der Waals surface area contributed by atoms with Gasteiger partial charge >= 0.3 is 0 Å². The highest BCUT2D eigenvalue weighted by Crippen LogP contribution is 2.25. The van der Waals surface area contributed by atoms with Gasteiger partial charge in [-0.15, -0.1) is 0 Å². The smallest absolute Gasteiger partial charge is 0.261 e. The molecule has 1 atom stereocenters. The lowest BCUT2D eigenvalue weighted by Crippen LogP contribution is -2.52. The number of carbonyl (C=O) groups is 2. The number of ether oxygens (including phenoxy) is 1. The van der Waals surface area contributed by atoms with E-state index in [2.05, 4.69) is 5.32 Å². The molecule has 2 aromatic carbocycles. The number of rotatable bonds is 9. The summed E-state index contributed by atoms with van der Waals surface area (Å²) in [7, 11) is 0. The van der Waals surface area contributed by atoms with Crippen molar-refractivity contribution in [2.75, 3.05) is 6.61 Å². The van der Waals surface area contributed by atoms with Crippen molar-refractivity contribution in [3.63, 3.8) is 0 Å². The van der Waals surface area contributed by atoms with Gasteiger partial charge in [-0.2, -0.15) is 0 Å². The maximum Gasteiger partial charge on any atom is 0.261 e. The molecule has 0 saturated heterocycles. The van der Waals surface area contributed by atoms with Gasteiger partial charge in [-0.25, -0.2) is 0 Å². The molecule has 1 aliphatic carbocycles. The fourth-order valence-electron chi connectivity index (χ4n) is 4.37. The van der Waals surface area contributed by atoms with Crippen LogP contribution >= 0.6 is 23.2 Å². The summed E-state index contributed by atoms with van der Waals surface area (Å²) in [5.74, 6) is 0.261. The van der Waals surface area contributed by atoms with E-state index < -0.39 is 6.04 Å². The first-order valence-corrected chi connectivity index (χ1v) is 12.3. The summed E-state index contributed by atoms with van der Waals surface area (Å²) < 4.78 is 5.83. The largest absolute Gasteiger partial charge is 0.484 e. The Hall–Kier alpha value is -2.24. The summed E-state index contributed by atoms with van der Waals surface area (Å²) in [6.45, 7) is 5.97. The van der Waals surface area contributed by atoms with Crippen LogP contribution in [0.2, 0.25) is 10.0 Å². The van der Waals surface area contributed by atoms with E-state index in [1.54, 1.807) is 17.0 Å². The normalized spacial score (nSPS) is 14.7. The summed E-state index contributed by atoms with van der Waals surface area (Å²) in [5, 5.41) is 4.00. The predicted octanol–water partition coefficient (Wildman–Crippen LogP) is 5.86. The minimum atomic E-state index is -0.601. The third-order valence-corrected chi connectivity index (χ3v) is 6.72. The molecular weight excluding hydrogens is 459 g/mol. The van der Waals surface area contributed by atoms with Crippen molar-refractivity contribution in [3.05, 3.63) is 63.1 Å². The molecule has 0 radical (unpaired) electrons. The Balaban J connectivity index is 1.79. The topological polar surface area (TPSA) is 58.6 Å². The van der Waals surface area contributed by atoms with E-state index in [9.17, 15) is 9.59 Å². The molecule has 0 heterocycles. The first-order valence-electron chi connectivity index (χ1n) is 11.5. The van der Waals surface area contributed by atoms with Crippen molar-refractivity contribution in [1.29, 1.82) is 0 Å². The van der Waals surface area contributed by atoms with Crippen molar-refractivity contribution in [3.8, 4) is 5.75 Å². The fourth-order valence-corrected chi connectivity index (χ4v) is 4.69. The summed E-state index contributed by atoms with van der Waals surface area (Å²) in [6, 6.07) is 10.7. The highest BCUT2D eigenvalue weighted by atomic mass is 35.5. The Morgan fingerprint density at radius 1 is 1.06 bits per heavy atom. The van der Waals surface area contributed by atoms with Gasteiger partial charge in [-0.3, -0.25) is 9.59 Å². The maximum absolute atomic E-state index is 13.3. The third kappa shape index (κ3) is 7.12. The number of carbonyl (C=O) groups excluding carboxylic acids is 2. The highest BCUT2D eigenvalue weighted by molar-refractivity contribution is 6.42. The fraction of sp³-hybridized carbons (Fsp3) is 0.462. The van der Waals surface area contributed by atoms with Gasteiger partial charge in [0.05, 0.1) is 10.0 Å². The average molecular weight is 491 g/mol. The summed E-state index contributed by atoms with van der Waals surface area (Å²) in [6.07, 6.45) is 4.71. The van der Waals surface area contributed by atoms with Crippen molar-refractivity contribution in [2.45, 2.75) is 71.5 Å². The quantitative estimate of drug-likeness (QED) is 0.479. The number of benzene rings is 2. The zero-order valence-electron chi connectivity index (χ0n) is 19.5. The van der Waals surface area contributed by atoms with Gasteiger partial charge in [0.2, 0.25) is 5.91 Å². The zero-order valence-corrected chi connectivity index (χ0v) is 21.0. The second kappa shape index (κ2) is 11.8. The van der Waals surface area contributed by atoms with Crippen LogP contribution in [-0.2, 0) is 16.1 Å². The molecule has 5 nitrogen and oxygen atoms in total. The maximum atomic E-state index is 13.3. The second-order valence-corrected chi connectivity index (χ2v) is 9.61. The molecule has 33 heavy (non-hydrogen) atoms. The monoisotopic (exact) mass is 490 g/mol. The molecule has 3 rings (SSSR count). The zero-order chi connectivity index (χ0) is 24.0. The molecule has 0 aliphatic heterocycles. The first kappa shape index (κ1) is 25.4. The second-order valence-electron chi connectivity index (χ2n) is 8.80. The molecule has 1 saturated carbocycles. The standard InChI is InChI=1S/C26H32Cl2N2O3/c1-4-24(26(32)29-20-7-5-6-8-20)30(15-19-9-10-22(27)23(28)14-19)25(31)16-33-21-12-17(2)11-18(3)13-21/h9-14,20,24H,4-8,15-16H2,1-3H3,(H,29,32)/t24-/m1/s1. The van der Waals surface area contributed by atoms with E-state index in [1.807, 2.05) is 45.0 Å². The highest BCUT2D eigenvalue weighted by Gasteiger charge is 2.31. The Labute approximate surface area is 206 Å². The Morgan fingerprint density at radius 2 is 1.73 bits per heavy atom. The summed E-state index contributed by atoms with van der Waals surface area (Å²) in [5.41, 5.74) is 2.93.